The third-order valence-corrected chi connectivity index (χ3v) is 3.87. The molecule has 1 N–H and O–H groups in total. The fourth-order valence-electron chi connectivity index (χ4n) is 2.69. The highest BCUT2D eigenvalue weighted by Gasteiger charge is 2.20. The lowest BCUT2D eigenvalue weighted by Gasteiger charge is -2.26. The van der Waals surface area contributed by atoms with E-state index in [1.54, 1.807) is 25.2 Å². The van der Waals surface area contributed by atoms with Gasteiger partial charge in [0.25, 0.3) is 0 Å². The van der Waals surface area contributed by atoms with Crippen molar-refractivity contribution in [2.45, 2.75) is 33.1 Å². The van der Waals surface area contributed by atoms with E-state index in [-0.39, 0.29) is 12.0 Å². The summed E-state index contributed by atoms with van der Waals surface area (Å²) in [6.45, 7) is -2.44. The highest BCUT2D eigenvalue weighted by Crippen LogP contribution is 2.36. The maximum atomic E-state index is 12.6. The first-order valence-corrected chi connectivity index (χ1v) is 8.08. The van der Waals surface area contributed by atoms with Crippen molar-refractivity contribution < 1.29 is 27.0 Å². The average Bonchev–Trinajstić information content (AvgIpc) is 2.58. The molecular weight excluding hydrogens is 366 g/mol. The molecule has 2 aromatic carbocycles. The molecule has 9 heteroatoms. The molecule has 0 aromatic heterocycles. The van der Waals surface area contributed by atoms with Gasteiger partial charge < -0.3 is 9.47 Å². The third kappa shape index (κ3) is 5.37. The van der Waals surface area contributed by atoms with Gasteiger partial charge in [0, 0.05) is 7.05 Å². The van der Waals surface area contributed by atoms with E-state index in [1.807, 2.05) is 20.0 Å². The summed E-state index contributed by atoms with van der Waals surface area (Å²) in [5, 5.41) is 11.3. The number of benzene rings is 2. The van der Waals surface area contributed by atoms with E-state index in [1.165, 1.54) is 17.1 Å². The van der Waals surface area contributed by atoms with Crippen molar-refractivity contribution in [1.29, 1.82) is 5.26 Å². The Bertz CT molecular complexity index is 824. The summed E-state index contributed by atoms with van der Waals surface area (Å²) < 4.78 is 59.0. The number of hydrazine groups is 1. The fraction of sp³-hybridized carbons (Fsp3) is 0.389. The van der Waals surface area contributed by atoms with E-state index in [9.17, 15) is 17.6 Å². The number of nitrogens with one attached hydrogen (secondary N) is 1. The topological polar surface area (TPSA) is 57.5 Å². The van der Waals surface area contributed by atoms with E-state index in [0.717, 1.165) is 5.56 Å². The molecule has 0 bridgehead atoms. The van der Waals surface area contributed by atoms with Crippen molar-refractivity contribution >= 4 is 10.8 Å². The molecule has 0 aliphatic carbocycles. The first-order valence-electron chi connectivity index (χ1n) is 8.08. The van der Waals surface area contributed by atoms with Gasteiger partial charge in [0.15, 0.2) is 17.7 Å². The van der Waals surface area contributed by atoms with E-state index < -0.39 is 24.7 Å². The van der Waals surface area contributed by atoms with Crippen LogP contribution in [-0.4, -0.2) is 25.3 Å². The number of fused-ring (bicyclic) bond motifs is 1. The lowest BCUT2D eigenvalue weighted by Crippen LogP contribution is -2.36. The summed E-state index contributed by atoms with van der Waals surface area (Å²) in [5.41, 5.74) is 3.82. The minimum absolute atomic E-state index is 0.108. The predicted octanol–water partition coefficient (Wildman–Crippen LogP) is 4.66. The number of nitriles is 1. The third-order valence-electron chi connectivity index (χ3n) is 3.87. The normalized spacial score (nSPS) is 12.5. The van der Waals surface area contributed by atoms with Crippen molar-refractivity contribution in [1.82, 2.24) is 10.4 Å². The number of hydrogen-bond donors (Lipinski definition) is 1. The molecule has 5 nitrogen and oxygen atoms in total. The maximum Gasteiger partial charge on any atom is 0.387 e. The first-order chi connectivity index (χ1) is 12.7. The van der Waals surface area contributed by atoms with Gasteiger partial charge in [-0.05, 0) is 40.5 Å². The fourth-order valence-corrected chi connectivity index (χ4v) is 2.69. The zero-order chi connectivity index (χ0) is 20.1. The highest BCUT2D eigenvalue weighted by molar-refractivity contribution is 5.86. The molecule has 0 heterocycles. The van der Waals surface area contributed by atoms with Gasteiger partial charge in [-0.2, -0.15) is 22.8 Å². The summed E-state index contributed by atoms with van der Waals surface area (Å²) >= 11 is 0. The Morgan fingerprint density at radius 2 is 1.52 bits per heavy atom. The molecule has 27 heavy (non-hydrogen) atoms. The summed E-state index contributed by atoms with van der Waals surface area (Å²) in [4.78, 5) is 0. The van der Waals surface area contributed by atoms with Gasteiger partial charge in [-0.15, -0.1) is 0 Å². The average molecular weight is 385 g/mol. The smallest absolute Gasteiger partial charge is 0.387 e. The molecule has 0 fully saturated rings. The maximum absolute atomic E-state index is 12.6. The Morgan fingerprint density at radius 3 is 2.00 bits per heavy atom. The zero-order valence-corrected chi connectivity index (χ0v) is 14.9. The van der Waals surface area contributed by atoms with Crippen LogP contribution in [0.15, 0.2) is 30.3 Å². The van der Waals surface area contributed by atoms with Crippen LogP contribution in [0.3, 0.4) is 0 Å². The summed E-state index contributed by atoms with van der Waals surface area (Å²) in [7, 11) is 1.57. The molecule has 1 unspecified atom stereocenters. The van der Waals surface area contributed by atoms with Gasteiger partial charge in [0.05, 0.1) is 6.04 Å². The summed E-state index contributed by atoms with van der Waals surface area (Å²) in [5.74, 6) is -0.831. The Balaban J connectivity index is 2.49. The molecule has 0 aliphatic heterocycles. The van der Waals surface area contributed by atoms with Gasteiger partial charge in [-0.1, -0.05) is 26.0 Å². The van der Waals surface area contributed by atoms with Crippen LogP contribution in [0.2, 0.25) is 0 Å². The van der Waals surface area contributed by atoms with Crippen LogP contribution >= 0.6 is 0 Å². The molecule has 2 aromatic rings. The van der Waals surface area contributed by atoms with Crippen LogP contribution in [0.5, 0.6) is 11.5 Å². The standard InChI is InChI=1S/C18H19F4N3O2/c1-10(2)16(24-25(3)9-23)12-5-4-11-7-14(26-17(19)20)15(27-18(21)22)8-13(11)6-12/h4-8,10,16-18,24H,1-3H3. The van der Waals surface area contributed by atoms with Crippen molar-refractivity contribution in [3.63, 3.8) is 0 Å². The largest absolute Gasteiger partial charge is 0.431 e. The van der Waals surface area contributed by atoms with Gasteiger partial charge >= 0.3 is 13.2 Å². The zero-order valence-electron chi connectivity index (χ0n) is 14.9. The molecule has 146 valence electrons. The summed E-state index contributed by atoms with van der Waals surface area (Å²) in [6.07, 6.45) is 1.94. The summed E-state index contributed by atoms with van der Waals surface area (Å²) in [6, 6.07) is 7.39. The molecule has 0 aliphatic rings. The lowest BCUT2D eigenvalue weighted by atomic mass is 9.94. The van der Waals surface area contributed by atoms with Crippen molar-refractivity contribution in [2.75, 3.05) is 7.05 Å². The molecule has 0 radical (unpaired) electrons. The number of halogens is 4. The van der Waals surface area contributed by atoms with Gasteiger partial charge in [-0.3, -0.25) is 0 Å². The lowest BCUT2D eigenvalue weighted by molar-refractivity contribution is -0.0690. The predicted molar refractivity (Wildman–Crippen MR) is 91.3 cm³/mol. The Morgan fingerprint density at radius 1 is 0.963 bits per heavy atom. The minimum atomic E-state index is -3.18. The van der Waals surface area contributed by atoms with Crippen molar-refractivity contribution in [2.24, 2.45) is 5.92 Å². The van der Waals surface area contributed by atoms with Gasteiger partial charge in [-0.25, -0.2) is 10.4 Å². The van der Waals surface area contributed by atoms with Crippen LogP contribution in [0.25, 0.3) is 10.8 Å². The molecular formula is C18H19F4N3O2. The number of ether oxygens (including phenoxy) is 2. The van der Waals surface area contributed by atoms with E-state index in [0.29, 0.717) is 10.8 Å². The first kappa shape index (κ1) is 20.6. The van der Waals surface area contributed by atoms with Crippen LogP contribution in [-0.2, 0) is 0 Å². The van der Waals surface area contributed by atoms with Crippen molar-refractivity contribution in [3.05, 3.63) is 35.9 Å². The molecule has 2 rings (SSSR count). The molecule has 0 spiro atoms. The number of rotatable bonds is 8. The molecule has 0 amide bonds. The molecule has 0 saturated heterocycles. The van der Waals surface area contributed by atoms with Gasteiger partial charge in [0.2, 0.25) is 0 Å². The van der Waals surface area contributed by atoms with E-state index in [2.05, 4.69) is 14.9 Å². The number of alkyl halides is 4. The van der Waals surface area contributed by atoms with E-state index in [4.69, 9.17) is 5.26 Å². The monoisotopic (exact) mass is 385 g/mol. The second kappa shape index (κ2) is 8.77. The number of hydrogen-bond acceptors (Lipinski definition) is 5. The van der Waals surface area contributed by atoms with Gasteiger partial charge in [0.1, 0.15) is 0 Å². The quantitative estimate of drug-likeness (QED) is 0.310. The van der Waals surface area contributed by atoms with Crippen LogP contribution in [0.4, 0.5) is 17.6 Å². The Kier molecular flexibility index (Phi) is 6.69. The van der Waals surface area contributed by atoms with Crippen LogP contribution in [0.1, 0.15) is 25.5 Å². The number of nitrogens with zero attached hydrogens (tertiary/aromatic N) is 2. The highest BCUT2D eigenvalue weighted by atomic mass is 19.3. The SMILES string of the molecule is CC(C)C(NN(C)C#N)c1ccc2cc(OC(F)F)c(OC(F)F)cc2c1. The van der Waals surface area contributed by atoms with Crippen LogP contribution < -0.4 is 14.9 Å². The van der Waals surface area contributed by atoms with E-state index >= 15 is 0 Å². The minimum Gasteiger partial charge on any atom is -0.431 e. The molecule has 1 atom stereocenters. The molecule has 0 saturated carbocycles. The second-order valence-electron chi connectivity index (χ2n) is 6.17. The second-order valence-corrected chi connectivity index (χ2v) is 6.17. The Hall–Kier alpha value is -2.73. The van der Waals surface area contributed by atoms with Crippen molar-refractivity contribution in [3.8, 4) is 17.7 Å². The Labute approximate surface area is 154 Å². The van der Waals surface area contributed by atoms with Crippen LogP contribution in [0, 0.1) is 17.4 Å².